The minimum atomic E-state index is -4.38. The van der Waals surface area contributed by atoms with Crippen LogP contribution in [0.3, 0.4) is 0 Å². The first-order chi connectivity index (χ1) is 11.3. The van der Waals surface area contributed by atoms with Gasteiger partial charge in [0.15, 0.2) is 0 Å². The molecule has 24 heavy (non-hydrogen) atoms. The van der Waals surface area contributed by atoms with Crippen LogP contribution in [0.1, 0.15) is 17.5 Å². The minimum absolute atomic E-state index is 0.0493. The molecule has 1 fully saturated rings. The van der Waals surface area contributed by atoms with Crippen LogP contribution in [0.4, 0.5) is 13.2 Å². The molecule has 2 rings (SSSR count). The van der Waals surface area contributed by atoms with Gasteiger partial charge in [-0.3, -0.25) is 4.79 Å². The molecule has 0 aromatic heterocycles. The smallest absolute Gasteiger partial charge is 0.381 e. The molecular formula is C17H23F3N2O2. The summed E-state index contributed by atoms with van der Waals surface area (Å²) in [6.07, 6.45) is -3.71. The summed E-state index contributed by atoms with van der Waals surface area (Å²) >= 11 is 0. The number of alkyl halides is 3. The largest absolute Gasteiger partial charge is 0.416 e. The van der Waals surface area contributed by atoms with Gasteiger partial charge in [-0.05, 0) is 38.2 Å². The molecule has 1 saturated heterocycles. The van der Waals surface area contributed by atoms with Gasteiger partial charge in [-0.2, -0.15) is 13.2 Å². The molecule has 1 aromatic carbocycles. The van der Waals surface area contributed by atoms with Gasteiger partial charge in [0.05, 0.1) is 18.1 Å². The van der Waals surface area contributed by atoms with Crippen molar-refractivity contribution in [2.45, 2.75) is 19.1 Å². The van der Waals surface area contributed by atoms with E-state index in [1.165, 1.54) is 6.07 Å². The van der Waals surface area contributed by atoms with Crippen molar-refractivity contribution in [3.63, 3.8) is 0 Å². The topological polar surface area (TPSA) is 32.8 Å². The Labute approximate surface area is 140 Å². The Morgan fingerprint density at radius 2 is 2.04 bits per heavy atom. The Bertz CT molecular complexity index is 555. The summed E-state index contributed by atoms with van der Waals surface area (Å²) in [7, 11) is 3.79. The summed E-state index contributed by atoms with van der Waals surface area (Å²) in [5, 5.41) is 0. The van der Waals surface area contributed by atoms with Gasteiger partial charge in [-0.25, -0.2) is 0 Å². The zero-order chi connectivity index (χ0) is 17.7. The van der Waals surface area contributed by atoms with E-state index in [4.69, 9.17) is 4.74 Å². The average Bonchev–Trinajstić information content (AvgIpc) is 3.04. The van der Waals surface area contributed by atoms with Crippen LogP contribution in [0.15, 0.2) is 24.3 Å². The van der Waals surface area contributed by atoms with Gasteiger partial charge in [-0.1, -0.05) is 12.1 Å². The van der Waals surface area contributed by atoms with Crippen molar-refractivity contribution in [2.24, 2.45) is 5.92 Å². The second-order valence-corrected chi connectivity index (χ2v) is 6.32. The Hall–Kier alpha value is -1.60. The molecular weight excluding hydrogens is 321 g/mol. The SMILES string of the molecule is CN(C)CCN(Cc1cccc(C(F)(F)F)c1)C(=O)[C@@H]1CCOC1. The molecule has 0 radical (unpaired) electrons. The summed E-state index contributed by atoms with van der Waals surface area (Å²) in [6.45, 7) is 2.24. The van der Waals surface area contributed by atoms with Crippen molar-refractivity contribution < 1.29 is 22.7 Å². The standard InChI is InChI=1S/C17H23F3N2O2/c1-21(2)7-8-22(16(23)14-6-9-24-12-14)11-13-4-3-5-15(10-13)17(18,19)20/h3-5,10,14H,6-9,11-12H2,1-2H3/t14-/m1/s1. The molecule has 1 aliphatic heterocycles. The number of nitrogens with zero attached hydrogens (tertiary/aromatic N) is 2. The predicted octanol–water partition coefficient (Wildman–Crippen LogP) is 2.63. The van der Waals surface area contributed by atoms with E-state index in [0.717, 1.165) is 12.1 Å². The normalized spacial score (nSPS) is 18.2. The third-order valence-corrected chi connectivity index (χ3v) is 4.04. The molecule has 0 unspecified atom stereocenters. The van der Waals surface area contributed by atoms with Gasteiger partial charge in [-0.15, -0.1) is 0 Å². The second-order valence-electron chi connectivity index (χ2n) is 6.32. The fourth-order valence-corrected chi connectivity index (χ4v) is 2.64. The highest BCUT2D eigenvalue weighted by atomic mass is 19.4. The van der Waals surface area contributed by atoms with Gasteiger partial charge in [0.1, 0.15) is 0 Å². The number of carbonyl (C=O) groups is 1. The van der Waals surface area contributed by atoms with Crippen molar-refractivity contribution in [3.05, 3.63) is 35.4 Å². The van der Waals surface area contributed by atoms with E-state index in [9.17, 15) is 18.0 Å². The maximum atomic E-state index is 12.9. The molecule has 1 heterocycles. The fourth-order valence-electron chi connectivity index (χ4n) is 2.64. The molecule has 1 aliphatic rings. The van der Waals surface area contributed by atoms with Gasteiger partial charge >= 0.3 is 6.18 Å². The second kappa shape index (κ2) is 7.98. The molecule has 4 nitrogen and oxygen atoms in total. The van der Waals surface area contributed by atoms with Crippen LogP contribution in [-0.2, 0) is 22.3 Å². The van der Waals surface area contributed by atoms with Crippen LogP contribution in [0.2, 0.25) is 0 Å². The summed E-state index contributed by atoms with van der Waals surface area (Å²) in [5.41, 5.74) is -0.208. The Morgan fingerprint density at radius 3 is 2.62 bits per heavy atom. The van der Waals surface area contributed by atoms with E-state index in [1.807, 2.05) is 19.0 Å². The molecule has 0 spiro atoms. The van der Waals surface area contributed by atoms with Gasteiger partial charge < -0.3 is 14.5 Å². The minimum Gasteiger partial charge on any atom is -0.381 e. The Morgan fingerprint density at radius 1 is 1.29 bits per heavy atom. The predicted molar refractivity (Wildman–Crippen MR) is 84.3 cm³/mol. The van der Waals surface area contributed by atoms with Crippen molar-refractivity contribution in [1.29, 1.82) is 0 Å². The lowest BCUT2D eigenvalue weighted by atomic mass is 10.1. The van der Waals surface area contributed by atoms with Crippen LogP contribution < -0.4 is 0 Å². The number of amides is 1. The number of hydrogen-bond acceptors (Lipinski definition) is 3. The summed E-state index contributed by atoms with van der Waals surface area (Å²) in [5.74, 6) is -0.246. The van der Waals surface area contributed by atoms with Crippen molar-refractivity contribution >= 4 is 5.91 Å². The lowest BCUT2D eigenvalue weighted by Gasteiger charge is -2.27. The lowest BCUT2D eigenvalue weighted by molar-refractivity contribution is -0.137. The molecule has 0 saturated carbocycles. The third-order valence-electron chi connectivity index (χ3n) is 4.04. The van der Waals surface area contributed by atoms with E-state index in [0.29, 0.717) is 38.3 Å². The molecule has 0 aliphatic carbocycles. The first-order valence-corrected chi connectivity index (χ1v) is 7.95. The van der Waals surface area contributed by atoms with E-state index < -0.39 is 11.7 Å². The highest BCUT2D eigenvalue weighted by Gasteiger charge is 2.31. The van der Waals surface area contributed by atoms with E-state index in [2.05, 4.69) is 0 Å². The average molecular weight is 344 g/mol. The molecule has 1 aromatic rings. The first kappa shape index (κ1) is 18.7. The van der Waals surface area contributed by atoms with Crippen LogP contribution in [-0.4, -0.2) is 56.1 Å². The van der Waals surface area contributed by atoms with Crippen molar-refractivity contribution in [1.82, 2.24) is 9.80 Å². The summed E-state index contributed by atoms with van der Waals surface area (Å²) < 4.78 is 43.8. The maximum Gasteiger partial charge on any atom is 0.416 e. The number of halogens is 3. The van der Waals surface area contributed by atoms with Crippen molar-refractivity contribution in [2.75, 3.05) is 40.4 Å². The van der Waals surface area contributed by atoms with Gasteiger partial charge in [0.25, 0.3) is 0 Å². The lowest BCUT2D eigenvalue weighted by Crippen LogP contribution is -2.40. The van der Waals surface area contributed by atoms with Crippen LogP contribution >= 0.6 is 0 Å². The monoisotopic (exact) mass is 344 g/mol. The van der Waals surface area contributed by atoms with Gasteiger partial charge in [0, 0.05) is 26.2 Å². The zero-order valence-corrected chi connectivity index (χ0v) is 14.0. The molecule has 0 N–H and O–H groups in total. The molecule has 1 amide bonds. The number of likely N-dealkylation sites (N-methyl/N-ethyl adjacent to an activating group) is 1. The molecule has 0 bridgehead atoms. The number of rotatable bonds is 6. The zero-order valence-electron chi connectivity index (χ0n) is 14.0. The van der Waals surface area contributed by atoms with Crippen LogP contribution in [0, 0.1) is 5.92 Å². The highest BCUT2D eigenvalue weighted by Crippen LogP contribution is 2.30. The van der Waals surface area contributed by atoms with E-state index in [-0.39, 0.29) is 18.4 Å². The number of ether oxygens (including phenoxy) is 1. The first-order valence-electron chi connectivity index (χ1n) is 7.95. The molecule has 134 valence electrons. The van der Waals surface area contributed by atoms with E-state index >= 15 is 0 Å². The Balaban J connectivity index is 2.13. The number of carbonyl (C=O) groups excluding carboxylic acids is 1. The summed E-state index contributed by atoms with van der Waals surface area (Å²) in [4.78, 5) is 16.2. The maximum absolute atomic E-state index is 12.9. The number of hydrogen-bond donors (Lipinski definition) is 0. The quantitative estimate of drug-likeness (QED) is 0.795. The van der Waals surface area contributed by atoms with E-state index in [1.54, 1.807) is 11.0 Å². The highest BCUT2D eigenvalue weighted by molar-refractivity contribution is 5.79. The van der Waals surface area contributed by atoms with Crippen LogP contribution in [0.5, 0.6) is 0 Å². The summed E-state index contributed by atoms with van der Waals surface area (Å²) in [6, 6.07) is 5.16. The van der Waals surface area contributed by atoms with Crippen LogP contribution in [0.25, 0.3) is 0 Å². The molecule has 1 atom stereocenters. The van der Waals surface area contributed by atoms with Gasteiger partial charge in [0.2, 0.25) is 5.91 Å². The fraction of sp³-hybridized carbons (Fsp3) is 0.588. The number of benzene rings is 1. The van der Waals surface area contributed by atoms with Crippen molar-refractivity contribution in [3.8, 4) is 0 Å². The molecule has 7 heteroatoms. The third kappa shape index (κ3) is 5.21. The Kier molecular flexibility index (Phi) is 6.23.